The number of nitrogens with zero attached hydrogens (tertiary/aromatic N) is 4. The molecular formula is C16H21IN6OS. The third kappa shape index (κ3) is 6.16. The van der Waals surface area contributed by atoms with E-state index in [4.69, 9.17) is 4.42 Å². The van der Waals surface area contributed by atoms with Gasteiger partial charge in [-0.1, -0.05) is 6.07 Å². The van der Waals surface area contributed by atoms with Gasteiger partial charge in [-0.3, -0.25) is 4.68 Å². The Labute approximate surface area is 167 Å². The summed E-state index contributed by atoms with van der Waals surface area (Å²) in [6, 6.07) is 8.01. The summed E-state index contributed by atoms with van der Waals surface area (Å²) in [7, 11) is 1.86. The summed E-state index contributed by atoms with van der Waals surface area (Å²) in [5.41, 5.74) is 0. The molecule has 0 saturated carbocycles. The number of nitrogens with one attached hydrogen (secondary N) is 2. The minimum absolute atomic E-state index is 0. The van der Waals surface area contributed by atoms with Crippen molar-refractivity contribution in [1.82, 2.24) is 25.4 Å². The minimum atomic E-state index is 0. The predicted octanol–water partition coefficient (Wildman–Crippen LogP) is 2.57. The molecular weight excluding hydrogens is 451 g/mol. The van der Waals surface area contributed by atoms with E-state index in [9.17, 15) is 0 Å². The molecule has 134 valence electrons. The number of aliphatic imine (C=N–C) groups is 1. The molecule has 3 aromatic heterocycles. The highest BCUT2D eigenvalue weighted by atomic mass is 127. The lowest BCUT2D eigenvalue weighted by Crippen LogP contribution is -2.38. The second-order valence-corrected chi connectivity index (χ2v) is 6.19. The molecule has 25 heavy (non-hydrogen) atoms. The van der Waals surface area contributed by atoms with E-state index in [2.05, 4.69) is 37.2 Å². The molecule has 9 heteroatoms. The normalized spacial score (nSPS) is 11.2. The molecule has 0 amide bonds. The topological polar surface area (TPSA) is 80.3 Å². The van der Waals surface area contributed by atoms with Crippen molar-refractivity contribution in [3.63, 3.8) is 0 Å². The summed E-state index contributed by atoms with van der Waals surface area (Å²) in [5.74, 6) is 2.52. The summed E-state index contributed by atoms with van der Waals surface area (Å²) in [6.07, 6.45) is 4.03. The van der Waals surface area contributed by atoms with Crippen molar-refractivity contribution in [2.24, 2.45) is 12.0 Å². The van der Waals surface area contributed by atoms with E-state index in [0.717, 1.165) is 37.1 Å². The first-order valence-corrected chi connectivity index (χ1v) is 8.59. The van der Waals surface area contributed by atoms with Gasteiger partial charge < -0.3 is 15.1 Å². The Hall–Kier alpha value is -1.88. The number of aromatic nitrogens is 3. The Morgan fingerprint density at radius 3 is 2.92 bits per heavy atom. The van der Waals surface area contributed by atoms with Gasteiger partial charge in [0.15, 0.2) is 5.96 Å². The van der Waals surface area contributed by atoms with Crippen molar-refractivity contribution in [1.29, 1.82) is 0 Å². The molecule has 0 spiro atoms. The molecule has 0 aliphatic heterocycles. The van der Waals surface area contributed by atoms with Gasteiger partial charge >= 0.3 is 0 Å². The third-order valence-electron chi connectivity index (χ3n) is 3.44. The van der Waals surface area contributed by atoms with E-state index in [1.54, 1.807) is 22.3 Å². The number of thiophene rings is 1. The van der Waals surface area contributed by atoms with Gasteiger partial charge in [-0.05, 0) is 23.6 Å². The second-order valence-electron chi connectivity index (χ2n) is 5.15. The monoisotopic (exact) mass is 472 g/mol. The molecule has 2 N–H and O–H groups in total. The first-order valence-electron chi connectivity index (χ1n) is 7.71. The molecule has 0 radical (unpaired) electrons. The van der Waals surface area contributed by atoms with Crippen LogP contribution in [0, 0.1) is 0 Å². The number of hydrogen-bond acceptors (Lipinski definition) is 5. The average molecular weight is 472 g/mol. The van der Waals surface area contributed by atoms with Crippen LogP contribution in [0.25, 0.3) is 0 Å². The standard InChI is InChI=1S/C16H20N6OS.HI/c1-22-15(20-12-21-22)11-19-16(18-10-14-5-3-9-24-14)17-7-6-13-4-2-8-23-13;/h2-5,8-9,12H,6-7,10-11H2,1H3,(H2,17,18,19);1H. The van der Waals surface area contributed by atoms with Gasteiger partial charge in [-0.15, -0.1) is 35.3 Å². The molecule has 0 aliphatic carbocycles. The number of halogens is 1. The van der Waals surface area contributed by atoms with Crippen LogP contribution in [0.15, 0.2) is 51.6 Å². The number of hydrogen-bond donors (Lipinski definition) is 2. The molecule has 7 nitrogen and oxygen atoms in total. The Kier molecular flexibility index (Phi) is 7.92. The van der Waals surface area contributed by atoms with Crippen molar-refractivity contribution in [3.05, 3.63) is 58.7 Å². The van der Waals surface area contributed by atoms with E-state index in [-0.39, 0.29) is 24.0 Å². The van der Waals surface area contributed by atoms with Crippen molar-refractivity contribution in [3.8, 4) is 0 Å². The Bertz CT molecular complexity index is 754. The van der Waals surface area contributed by atoms with Crippen LogP contribution >= 0.6 is 35.3 Å². The number of guanidine groups is 1. The largest absolute Gasteiger partial charge is 0.469 e. The van der Waals surface area contributed by atoms with Gasteiger partial charge in [0.1, 0.15) is 24.5 Å². The van der Waals surface area contributed by atoms with Gasteiger partial charge in [0.2, 0.25) is 0 Å². The van der Waals surface area contributed by atoms with Crippen LogP contribution in [0.2, 0.25) is 0 Å². The van der Waals surface area contributed by atoms with Gasteiger partial charge in [0, 0.05) is 24.9 Å². The summed E-state index contributed by atoms with van der Waals surface area (Å²) < 4.78 is 7.07. The maximum absolute atomic E-state index is 5.35. The fourth-order valence-corrected chi connectivity index (χ4v) is 2.77. The minimum Gasteiger partial charge on any atom is -0.469 e. The summed E-state index contributed by atoms with van der Waals surface area (Å²) >= 11 is 1.72. The number of rotatable bonds is 7. The van der Waals surface area contributed by atoms with Crippen LogP contribution in [-0.2, 0) is 26.6 Å². The zero-order chi connectivity index (χ0) is 16.6. The summed E-state index contributed by atoms with van der Waals surface area (Å²) in [6.45, 7) is 1.95. The highest BCUT2D eigenvalue weighted by Crippen LogP contribution is 2.07. The van der Waals surface area contributed by atoms with E-state index in [0.29, 0.717) is 6.54 Å². The summed E-state index contributed by atoms with van der Waals surface area (Å²) in [4.78, 5) is 10.0. The fourth-order valence-electron chi connectivity index (χ4n) is 2.13. The molecule has 0 saturated heterocycles. The molecule has 0 bridgehead atoms. The quantitative estimate of drug-likeness (QED) is 0.314. The highest BCUT2D eigenvalue weighted by Gasteiger charge is 2.04. The maximum atomic E-state index is 5.35. The van der Waals surface area contributed by atoms with Crippen LogP contribution in [0.3, 0.4) is 0 Å². The summed E-state index contributed by atoms with van der Waals surface area (Å²) in [5, 5.41) is 12.8. The second kappa shape index (κ2) is 10.2. The SMILES string of the molecule is Cn1ncnc1CN=C(NCCc1ccco1)NCc1cccs1.I. The van der Waals surface area contributed by atoms with Gasteiger partial charge in [0.05, 0.1) is 12.8 Å². The van der Waals surface area contributed by atoms with Crippen molar-refractivity contribution in [2.75, 3.05) is 6.54 Å². The lowest BCUT2D eigenvalue weighted by Gasteiger charge is -2.11. The molecule has 3 aromatic rings. The van der Waals surface area contributed by atoms with Crippen molar-refractivity contribution >= 4 is 41.3 Å². The van der Waals surface area contributed by atoms with Crippen LogP contribution in [0.4, 0.5) is 0 Å². The van der Waals surface area contributed by atoms with Crippen LogP contribution in [0.1, 0.15) is 16.5 Å². The Morgan fingerprint density at radius 1 is 1.32 bits per heavy atom. The van der Waals surface area contributed by atoms with Crippen molar-refractivity contribution < 1.29 is 4.42 Å². The molecule has 0 aliphatic rings. The predicted molar refractivity (Wildman–Crippen MR) is 109 cm³/mol. The third-order valence-corrected chi connectivity index (χ3v) is 4.31. The Morgan fingerprint density at radius 2 is 2.24 bits per heavy atom. The molecule has 0 atom stereocenters. The molecule has 0 fully saturated rings. The molecule has 3 rings (SSSR count). The van der Waals surface area contributed by atoms with E-state index in [1.807, 2.05) is 25.2 Å². The van der Waals surface area contributed by atoms with Gasteiger partial charge in [-0.25, -0.2) is 9.98 Å². The molecule has 0 unspecified atom stereocenters. The van der Waals surface area contributed by atoms with Crippen LogP contribution in [0.5, 0.6) is 0 Å². The van der Waals surface area contributed by atoms with Crippen molar-refractivity contribution in [2.45, 2.75) is 19.5 Å². The zero-order valence-electron chi connectivity index (χ0n) is 13.9. The first kappa shape index (κ1) is 19.4. The zero-order valence-corrected chi connectivity index (χ0v) is 17.0. The van der Waals surface area contributed by atoms with Gasteiger partial charge in [0.25, 0.3) is 0 Å². The van der Waals surface area contributed by atoms with Crippen LogP contribution < -0.4 is 10.6 Å². The number of furan rings is 1. The van der Waals surface area contributed by atoms with E-state index < -0.39 is 0 Å². The number of aryl methyl sites for hydroxylation is 1. The smallest absolute Gasteiger partial charge is 0.192 e. The van der Waals surface area contributed by atoms with Gasteiger partial charge in [-0.2, -0.15) is 5.10 Å². The highest BCUT2D eigenvalue weighted by molar-refractivity contribution is 14.0. The first-order chi connectivity index (χ1) is 11.8. The molecule has 3 heterocycles. The average Bonchev–Trinajstić information content (AvgIpc) is 3.33. The lowest BCUT2D eigenvalue weighted by atomic mass is 10.3. The molecule has 0 aromatic carbocycles. The van der Waals surface area contributed by atoms with E-state index >= 15 is 0 Å². The maximum Gasteiger partial charge on any atom is 0.192 e. The van der Waals surface area contributed by atoms with Crippen LogP contribution in [-0.4, -0.2) is 27.3 Å². The fraction of sp³-hybridized carbons (Fsp3) is 0.312. The lowest BCUT2D eigenvalue weighted by molar-refractivity contribution is 0.506. The van der Waals surface area contributed by atoms with E-state index in [1.165, 1.54) is 11.2 Å². The Balaban J connectivity index is 0.00000225.